The first-order valence-corrected chi connectivity index (χ1v) is 44.9. The average Bonchev–Trinajstić information content (AvgIpc) is 1.56. The molecular weight excluding hydrogens is 1600 g/mol. The smallest absolute Gasteiger partial charge is 0.164 e. The minimum atomic E-state index is -0.108. The van der Waals surface area contributed by atoms with Gasteiger partial charge in [0, 0.05) is 60.9 Å². The maximum atomic E-state index is 5.10. The van der Waals surface area contributed by atoms with Gasteiger partial charge in [0.2, 0.25) is 0 Å². The quantitative estimate of drug-likeness (QED) is 0.110. The van der Waals surface area contributed by atoms with E-state index < -0.39 is 0 Å². The minimum absolute atomic E-state index is 0.105. The van der Waals surface area contributed by atoms with E-state index in [0.717, 1.165) is 93.9 Å². The van der Waals surface area contributed by atoms with Gasteiger partial charge in [-0.05, 0) is 185 Å². The van der Waals surface area contributed by atoms with Crippen LogP contribution in [0.25, 0.3) is 223 Å². The van der Waals surface area contributed by atoms with Gasteiger partial charge in [-0.15, -0.1) is 0 Å². The van der Waals surface area contributed by atoms with Gasteiger partial charge in [0.05, 0.1) is 0 Å². The number of hydrogen-bond acceptors (Lipinski definition) is 9. The van der Waals surface area contributed by atoms with Crippen LogP contribution in [-0.4, -0.2) is 44.9 Å². The van der Waals surface area contributed by atoms with Gasteiger partial charge in [-0.25, -0.2) is 44.9 Å². The van der Waals surface area contributed by atoms with E-state index in [1.54, 1.807) is 0 Å². The van der Waals surface area contributed by atoms with E-state index in [2.05, 4.69) is 452 Å². The predicted octanol–water partition coefficient (Wildman–Crippen LogP) is 31.2. The third kappa shape index (κ3) is 15.0. The highest BCUT2D eigenvalue weighted by Crippen LogP contribution is 2.52. The molecule has 622 valence electrons. The summed E-state index contributed by atoms with van der Waals surface area (Å²) in [6.07, 6.45) is 0. The van der Waals surface area contributed by atoms with E-state index in [-0.39, 0.29) is 10.8 Å². The molecule has 3 heterocycles. The third-order valence-electron chi connectivity index (χ3n) is 26.3. The van der Waals surface area contributed by atoms with Gasteiger partial charge in [0.25, 0.3) is 0 Å². The predicted molar refractivity (Wildman–Crippen MR) is 545 cm³/mol. The zero-order chi connectivity index (χ0) is 88.4. The minimum Gasteiger partial charge on any atom is -0.208 e. The number of fused-ring (bicyclic) bond motifs is 14. The van der Waals surface area contributed by atoms with E-state index >= 15 is 0 Å². The first kappa shape index (κ1) is 79.6. The van der Waals surface area contributed by atoms with Crippen LogP contribution in [0.1, 0.15) is 49.9 Å². The molecule has 20 aromatic carbocycles. The van der Waals surface area contributed by atoms with Crippen LogP contribution in [0.2, 0.25) is 0 Å². The van der Waals surface area contributed by atoms with Crippen LogP contribution in [0.3, 0.4) is 0 Å². The van der Waals surface area contributed by atoms with Crippen LogP contribution < -0.4 is 0 Å². The Morgan fingerprint density at radius 1 is 0.129 bits per heavy atom. The fourth-order valence-electron chi connectivity index (χ4n) is 19.3. The molecule has 2 aliphatic rings. The monoisotopic (exact) mass is 1690 g/mol. The fourth-order valence-corrected chi connectivity index (χ4v) is 19.3. The number of benzene rings is 20. The molecule has 3 aromatic heterocycles. The summed E-state index contributed by atoms with van der Waals surface area (Å²) in [6, 6.07) is 156. The van der Waals surface area contributed by atoms with Crippen LogP contribution in [0.5, 0.6) is 0 Å². The van der Waals surface area contributed by atoms with E-state index in [9.17, 15) is 0 Å². The van der Waals surface area contributed by atoms with Crippen molar-refractivity contribution in [1.29, 1.82) is 0 Å². The van der Waals surface area contributed by atoms with Gasteiger partial charge in [-0.1, -0.05) is 428 Å². The summed E-state index contributed by atoms with van der Waals surface area (Å²) in [5.41, 5.74) is 25.9. The molecule has 2 aliphatic carbocycles. The van der Waals surface area contributed by atoms with Crippen molar-refractivity contribution in [2.24, 2.45) is 0 Å². The Balaban J connectivity index is 0.000000112. The van der Waals surface area contributed by atoms with Crippen molar-refractivity contribution in [1.82, 2.24) is 44.9 Å². The lowest BCUT2D eigenvalue weighted by molar-refractivity contribution is 0.660. The normalized spacial score (nSPS) is 12.5. The highest BCUT2D eigenvalue weighted by molar-refractivity contribution is 6.10. The largest absolute Gasteiger partial charge is 0.208 e. The van der Waals surface area contributed by atoms with Crippen molar-refractivity contribution < 1.29 is 0 Å². The van der Waals surface area contributed by atoms with Crippen molar-refractivity contribution in [3.63, 3.8) is 0 Å². The second-order valence-corrected chi connectivity index (χ2v) is 35.2. The molecule has 0 saturated carbocycles. The summed E-state index contributed by atoms with van der Waals surface area (Å²) in [5.74, 6) is 5.96. The second kappa shape index (κ2) is 33.3. The van der Waals surface area contributed by atoms with Crippen LogP contribution in [0.15, 0.2) is 443 Å². The fraction of sp³-hybridized carbons (Fsp3) is 0.0488. The van der Waals surface area contributed by atoms with Crippen LogP contribution >= 0.6 is 0 Å². The number of rotatable bonds is 12. The van der Waals surface area contributed by atoms with Gasteiger partial charge < -0.3 is 0 Å². The molecule has 9 nitrogen and oxygen atoms in total. The van der Waals surface area contributed by atoms with E-state index in [1.807, 2.05) is 18.2 Å². The van der Waals surface area contributed by atoms with Crippen molar-refractivity contribution in [3.05, 3.63) is 465 Å². The molecule has 0 saturated heterocycles. The molecule has 0 unspecified atom stereocenters. The molecule has 0 amide bonds. The SMILES string of the molecule is CC1(C)c2ccccc2-c2ccc(-c3nc(-c4ccc(-c5ccccc5)cc4)nc(-c4ccc5ccccc5c4)n3)cc21.CC1(C)c2ccccc2-c2ccc(-c3nc(-c4cccc(-c5ccccc5)c4)nc(-c4ccc5ccccc5c4)n3)cc21.c1ccc(-c2ccc(-c3nc(-c4ccc5c(ccc6ccccc65)c4)nc(-c4ccc5c(ccc6ccccc65)c4)n3)cc2)cc1. The summed E-state index contributed by atoms with van der Waals surface area (Å²) in [5, 5.41) is 14.4. The van der Waals surface area contributed by atoms with Crippen LogP contribution in [-0.2, 0) is 10.8 Å². The standard InChI is InChI=1S/C43H27N3.2C40H29N3/c1-2-8-28(9-3-1)29-14-18-32(19-15-29)41-44-42(35-22-24-39-33(26-35)20-16-30-10-4-6-12-37(30)39)46-43(45-41)36-23-25-40-34(27-36)21-17-31-11-5-7-13-38(31)40;1-40(2)35-18-9-8-17-33(35)34-22-21-32(25-36(34)40)39-42-37(30-16-10-15-29(23-30)26-11-4-3-5-12-26)41-38(43-39)31-20-19-27-13-6-7-14-28(27)24-31;1-40(2)35-15-9-8-14-33(35)34-23-22-32(25-36(34)40)39-42-37(29-19-16-28(17-20-29)26-10-4-3-5-11-26)41-38(43-39)31-21-18-27-12-6-7-13-30(27)24-31/h1-27H;2*3-25H,1-2H3. The molecule has 0 bridgehead atoms. The number of aromatic nitrogens is 9. The van der Waals surface area contributed by atoms with E-state index in [4.69, 9.17) is 44.9 Å². The van der Waals surface area contributed by atoms with Crippen molar-refractivity contribution >= 4 is 64.6 Å². The van der Waals surface area contributed by atoms with Gasteiger partial charge in [0.1, 0.15) is 0 Å². The number of hydrogen-bond donors (Lipinski definition) is 0. The van der Waals surface area contributed by atoms with Gasteiger partial charge in [-0.3, -0.25) is 0 Å². The van der Waals surface area contributed by atoms with Gasteiger partial charge in [0.15, 0.2) is 52.4 Å². The summed E-state index contributed by atoms with van der Waals surface area (Å²) in [6.45, 7) is 9.20. The lowest BCUT2D eigenvalue weighted by atomic mass is 9.82. The zero-order valence-corrected chi connectivity index (χ0v) is 73.2. The van der Waals surface area contributed by atoms with Crippen molar-refractivity contribution in [2.75, 3.05) is 0 Å². The first-order chi connectivity index (χ1) is 64.8. The Labute approximate surface area is 766 Å². The Kier molecular flexibility index (Phi) is 20.1. The van der Waals surface area contributed by atoms with E-state index in [0.29, 0.717) is 52.4 Å². The summed E-state index contributed by atoms with van der Waals surface area (Å²) in [7, 11) is 0. The van der Waals surface area contributed by atoms with Crippen molar-refractivity contribution in [2.45, 2.75) is 38.5 Å². The Bertz CT molecular complexity index is 8310. The Morgan fingerprint density at radius 3 is 0.750 bits per heavy atom. The Hall–Kier alpha value is -17.0. The molecule has 132 heavy (non-hydrogen) atoms. The van der Waals surface area contributed by atoms with E-state index in [1.165, 1.54) is 98.7 Å². The van der Waals surface area contributed by atoms with Crippen LogP contribution in [0.4, 0.5) is 0 Å². The maximum Gasteiger partial charge on any atom is 0.164 e. The number of nitrogens with zero attached hydrogens (tertiary/aromatic N) is 9. The summed E-state index contributed by atoms with van der Waals surface area (Å²) >= 11 is 0. The topological polar surface area (TPSA) is 116 Å². The Morgan fingerprint density at radius 2 is 0.356 bits per heavy atom. The molecule has 0 spiro atoms. The zero-order valence-electron chi connectivity index (χ0n) is 73.2. The molecule has 0 fully saturated rings. The average molecular weight is 1690 g/mol. The lowest BCUT2D eigenvalue weighted by Crippen LogP contribution is -2.15. The molecule has 23 aromatic rings. The summed E-state index contributed by atoms with van der Waals surface area (Å²) < 4.78 is 0. The lowest BCUT2D eigenvalue weighted by Gasteiger charge is -2.21. The molecular formula is C123H85N9. The third-order valence-corrected chi connectivity index (χ3v) is 26.3. The maximum absolute atomic E-state index is 5.10. The second-order valence-electron chi connectivity index (χ2n) is 35.2. The highest BCUT2D eigenvalue weighted by atomic mass is 15.1. The highest BCUT2D eigenvalue weighted by Gasteiger charge is 2.37. The molecule has 0 aliphatic heterocycles. The molecule has 0 radical (unpaired) electrons. The molecule has 0 atom stereocenters. The molecule has 25 rings (SSSR count). The van der Waals surface area contributed by atoms with Gasteiger partial charge >= 0.3 is 0 Å². The molecule has 0 N–H and O–H groups in total. The first-order valence-electron chi connectivity index (χ1n) is 44.9. The van der Waals surface area contributed by atoms with Crippen molar-refractivity contribution in [3.8, 4) is 158 Å². The van der Waals surface area contributed by atoms with Crippen LogP contribution in [0, 0.1) is 0 Å². The molecule has 9 heteroatoms. The van der Waals surface area contributed by atoms with Gasteiger partial charge in [-0.2, -0.15) is 0 Å². The summed E-state index contributed by atoms with van der Waals surface area (Å²) in [4.78, 5) is 45.6.